The molecule has 2 aliphatic rings. The van der Waals surface area contributed by atoms with Crippen LogP contribution in [0.15, 0.2) is 60.6 Å². The highest BCUT2D eigenvalue weighted by molar-refractivity contribution is 6.27. The van der Waals surface area contributed by atoms with Gasteiger partial charge in [-0.1, -0.05) is 12.5 Å². The summed E-state index contributed by atoms with van der Waals surface area (Å²) in [6.07, 6.45) is 8.99. The summed E-state index contributed by atoms with van der Waals surface area (Å²) < 4.78 is 0. The Kier molecular flexibility index (Phi) is 6.27. The van der Waals surface area contributed by atoms with Crippen molar-refractivity contribution >= 4 is 28.5 Å². The van der Waals surface area contributed by atoms with Crippen LogP contribution in [0.1, 0.15) is 37.4 Å². The topological polar surface area (TPSA) is 96.2 Å². The quantitative estimate of drug-likeness (QED) is 0.523. The molecule has 4 N–H and O–H groups in total. The van der Waals surface area contributed by atoms with Gasteiger partial charge in [0.15, 0.2) is 0 Å². The Balaban J connectivity index is 1.35. The summed E-state index contributed by atoms with van der Waals surface area (Å²) >= 11 is 0. The Morgan fingerprint density at radius 3 is 2.68 bits per heavy atom. The number of carbonyl (C=O) groups is 1. The number of nitrogen functional groups attached to an aromatic ring is 1. The lowest BCUT2D eigenvalue weighted by atomic mass is 9.91. The van der Waals surface area contributed by atoms with E-state index in [0.717, 1.165) is 53.3 Å². The fourth-order valence-corrected chi connectivity index (χ4v) is 4.69. The van der Waals surface area contributed by atoms with E-state index in [1.54, 1.807) is 18.6 Å². The minimum absolute atomic E-state index is 0.131. The molecule has 2 aromatic heterocycles. The molecule has 0 atom stereocenters. The first-order chi connectivity index (χ1) is 16.6. The van der Waals surface area contributed by atoms with Crippen LogP contribution in [0.5, 0.6) is 0 Å². The number of rotatable bonds is 5. The van der Waals surface area contributed by atoms with Gasteiger partial charge in [-0.05, 0) is 74.3 Å². The van der Waals surface area contributed by atoms with E-state index in [2.05, 4.69) is 25.5 Å². The van der Waals surface area contributed by atoms with Gasteiger partial charge in [0.05, 0.1) is 23.3 Å². The molecule has 34 heavy (non-hydrogen) atoms. The normalized spacial score (nSPS) is 16.0. The molecule has 3 aromatic rings. The number of nitrogens with zero attached hydrogens (tertiary/aromatic N) is 3. The lowest BCUT2D eigenvalue weighted by molar-refractivity contribution is -0.111. The molecule has 5 rings (SSSR count). The minimum Gasteiger partial charge on any atom is -0.397 e. The summed E-state index contributed by atoms with van der Waals surface area (Å²) in [6, 6.07) is 11.9. The summed E-state index contributed by atoms with van der Waals surface area (Å²) in [4.78, 5) is 24.6. The van der Waals surface area contributed by atoms with Gasteiger partial charge in [0.2, 0.25) is 0 Å². The van der Waals surface area contributed by atoms with Gasteiger partial charge in [-0.15, -0.1) is 0 Å². The smallest absolute Gasteiger partial charge is 0.256 e. The molecule has 7 nitrogen and oxygen atoms in total. The highest BCUT2D eigenvalue weighted by Crippen LogP contribution is 2.35. The first-order valence-corrected chi connectivity index (χ1v) is 11.8. The molecule has 2 aliphatic heterocycles. The maximum Gasteiger partial charge on any atom is 0.256 e. The number of amides is 1. The molecule has 4 heterocycles. The Labute approximate surface area is 200 Å². The van der Waals surface area contributed by atoms with Crippen LogP contribution in [-0.4, -0.2) is 40.4 Å². The van der Waals surface area contributed by atoms with Gasteiger partial charge in [0.1, 0.15) is 0 Å². The maximum atomic E-state index is 13.4. The molecule has 1 fully saturated rings. The Morgan fingerprint density at radius 1 is 1.06 bits per heavy atom. The predicted molar refractivity (Wildman–Crippen MR) is 137 cm³/mol. The number of hydrogen-bond donors (Lipinski definition) is 3. The molecule has 1 saturated heterocycles. The molecular formula is C27H30N6O. The van der Waals surface area contributed by atoms with Crippen molar-refractivity contribution in [3.05, 3.63) is 71.8 Å². The monoisotopic (exact) mass is 454 g/mol. The van der Waals surface area contributed by atoms with Crippen LogP contribution >= 0.6 is 0 Å². The van der Waals surface area contributed by atoms with Crippen molar-refractivity contribution in [2.24, 2.45) is 0 Å². The summed E-state index contributed by atoms with van der Waals surface area (Å²) in [5.41, 5.74) is 13.6. The highest BCUT2D eigenvalue weighted by atomic mass is 16.1. The Morgan fingerprint density at radius 2 is 1.91 bits per heavy atom. The van der Waals surface area contributed by atoms with Crippen LogP contribution in [0.4, 0.5) is 17.1 Å². The van der Waals surface area contributed by atoms with Gasteiger partial charge < -0.3 is 16.4 Å². The minimum atomic E-state index is -0.131. The fraction of sp³-hybridized carbons (Fsp3) is 0.296. The molecule has 0 unspecified atom stereocenters. The van der Waals surface area contributed by atoms with E-state index in [9.17, 15) is 4.79 Å². The zero-order valence-electron chi connectivity index (χ0n) is 19.5. The van der Waals surface area contributed by atoms with Crippen molar-refractivity contribution in [1.29, 1.82) is 0 Å². The first-order valence-electron chi connectivity index (χ1n) is 11.8. The van der Waals surface area contributed by atoms with Gasteiger partial charge in [0, 0.05) is 47.9 Å². The molecule has 0 aliphatic carbocycles. The van der Waals surface area contributed by atoms with Gasteiger partial charge >= 0.3 is 0 Å². The lowest BCUT2D eigenvalue weighted by Crippen LogP contribution is -2.29. The number of anilines is 3. The van der Waals surface area contributed by atoms with Crippen LogP contribution in [0.3, 0.4) is 0 Å². The number of fused-ring (bicyclic) bond motifs is 1. The number of likely N-dealkylation sites (tertiary alicyclic amines) is 1. The van der Waals surface area contributed by atoms with Gasteiger partial charge in [-0.2, -0.15) is 0 Å². The second-order valence-electron chi connectivity index (χ2n) is 9.11. The van der Waals surface area contributed by atoms with Crippen LogP contribution in [0.2, 0.25) is 0 Å². The van der Waals surface area contributed by atoms with Gasteiger partial charge in [0.25, 0.3) is 5.91 Å². The third kappa shape index (κ3) is 4.79. The van der Waals surface area contributed by atoms with E-state index >= 15 is 0 Å². The first kappa shape index (κ1) is 22.1. The number of aromatic nitrogens is 2. The summed E-state index contributed by atoms with van der Waals surface area (Å²) in [5, 5.41) is 6.45. The van der Waals surface area contributed by atoms with E-state index in [4.69, 9.17) is 5.73 Å². The van der Waals surface area contributed by atoms with Crippen molar-refractivity contribution < 1.29 is 4.79 Å². The molecule has 174 valence electrons. The van der Waals surface area contributed by atoms with Gasteiger partial charge in [-0.3, -0.25) is 19.7 Å². The number of nitrogens with two attached hydrogens (primary N) is 1. The number of hydrogen-bond acceptors (Lipinski definition) is 6. The Bertz CT molecular complexity index is 1230. The molecule has 0 bridgehead atoms. The molecular weight excluding hydrogens is 424 g/mol. The van der Waals surface area contributed by atoms with E-state index in [0.29, 0.717) is 23.5 Å². The average molecular weight is 455 g/mol. The molecule has 7 heteroatoms. The van der Waals surface area contributed by atoms with E-state index in [-0.39, 0.29) is 5.91 Å². The van der Waals surface area contributed by atoms with Crippen molar-refractivity contribution in [1.82, 2.24) is 14.9 Å². The molecule has 0 saturated carbocycles. The summed E-state index contributed by atoms with van der Waals surface area (Å²) in [5.74, 6) is -0.131. The number of benzene rings is 1. The third-order valence-corrected chi connectivity index (χ3v) is 6.50. The average Bonchev–Trinajstić information content (AvgIpc) is 2.85. The van der Waals surface area contributed by atoms with Crippen LogP contribution in [0, 0.1) is 0 Å². The number of nitrogens with one attached hydrogen (secondary N) is 2. The van der Waals surface area contributed by atoms with Gasteiger partial charge in [-0.25, -0.2) is 0 Å². The van der Waals surface area contributed by atoms with E-state index in [1.807, 2.05) is 43.3 Å². The van der Waals surface area contributed by atoms with Crippen molar-refractivity contribution in [3.8, 4) is 11.1 Å². The van der Waals surface area contributed by atoms with Crippen molar-refractivity contribution in [3.63, 3.8) is 0 Å². The van der Waals surface area contributed by atoms with Crippen molar-refractivity contribution in [2.75, 3.05) is 36.0 Å². The molecule has 1 amide bonds. The summed E-state index contributed by atoms with van der Waals surface area (Å²) in [6.45, 7) is 5.74. The standard InChI is InChI=1S/C27H30N6O/c1-18-13-31-25-8-5-19(20-11-21(28)15-29-14-20)12-24(25)26(18)27(34)32-22-6-7-23(30-16-22)17-33-9-3-2-4-10-33/h5-8,11-12,14-16,31H,2-4,9-10,13,17,28H2,1H3,(H,32,34). The number of pyridine rings is 2. The number of piperidine rings is 1. The Hall–Kier alpha value is -3.71. The second-order valence-corrected chi connectivity index (χ2v) is 9.11. The van der Waals surface area contributed by atoms with E-state index in [1.165, 1.54) is 19.3 Å². The zero-order valence-corrected chi connectivity index (χ0v) is 19.5. The number of carbonyl (C=O) groups excluding carboxylic acids is 1. The third-order valence-electron chi connectivity index (χ3n) is 6.50. The molecule has 0 spiro atoms. The lowest BCUT2D eigenvalue weighted by Gasteiger charge is -2.26. The van der Waals surface area contributed by atoms with Crippen molar-refractivity contribution in [2.45, 2.75) is 32.7 Å². The molecule has 0 radical (unpaired) electrons. The van der Waals surface area contributed by atoms with Crippen LogP contribution < -0.4 is 16.4 Å². The van der Waals surface area contributed by atoms with Crippen LogP contribution in [0.25, 0.3) is 16.7 Å². The maximum absolute atomic E-state index is 13.4. The predicted octanol–water partition coefficient (Wildman–Crippen LogP) is 4.55. The fourth-order valence-electron chi connectivity index (χ4n) is 4.69. The summed E-state index contributed by atoms with van der Waals surface area (Å²) in [7, 11) is 0. The highest BCUT2D eigenvalue weighted by Gasteiger charge is 2.23. The largest absolute Gasteiger partial charge is 0.397 e. The second kappa shape index (κ2) is 9.65. The molecule has 1 aromatic carbocycles. The van der Waals surface area contributed by atoms with Crippen LogP contribution in [-0.2, 0) is 11.3 Å². The van der Waals surface area contributed by atoms with E-state index < -0.39 is 0 Å². The zero-order chi connectivity index (χ0) is 23.5. The SMILES string of the molecule is CC1=C(C(=O)Nc2ccc(CN3CCCCC3)nc2)c2cc(-c3cncc(N)c3)ccc2NC1.